The molecule has 70 valence electrons. The van der Waals surface area contributed by atoms with Crippen LogP contribution in [-0.2, 0) is 0 Å². The van der Waals surface area contributed by atoms with Gasteiger partial charge in [-0.1, -0.05) is 28.1 Å². The largest absolute Gasteiger partial charge is 0.357 e. The number of alkyl halides is 1. The molecule has 3 nitrogen and oxygen atoms in total. The zero-order chi connectivity index (χ0) is 9.52. The maximum atomic E-state index is 4.09. The summed E-state index contributed by atoms with van der Waals surface area (Å²) in [7, 11) is 1.80. The predicted octanol–water partition coefficient (Wildman–Crippen LogP) is 2.32. The van der Waals surface area contributed by atoms with Gasteiger partial charge >= 0.3 is 0 Å². The molecule has 0 aliphatic rings. The van der Waals surface area contributed by atoms with Crippen LogP contribution in [-0.4, -0.2) is 22.3 Å². The van der Waals surface area contributed by atoms with Crippen LogP contribution in [0, 0.1) is 0 Å². The van der Waals surface area contributed by atoms with Crippen LogP contribution < -0.4 is 5.32 Å². The van der Waals surface area contributed by atoms with E-state index in [1.807, 2.05) is 6.08 Å². The summed E-state index contributed by atoms with van der Waals surface area (Å²) in [5.41, 5.74) is 1.03. The van der Waals surface area contributed by atoms with Gasteiger partial charge in [0.1, 0.15) is 0 Å². The predicted molar refractivity (Wildman–Crippen MR) is 59.0 cm³/mol. The minimum absolute atomic E-state index is 0.651. The van der Waals surface area contributed by atoms with Crippen LogP contribution in [0.25, 0.3) is 6.08 Å². The van der Waals surface area contributed by atoms with Crippen molar-refractivity contribution in [2.45, 2.75) is 6.42 Å². The quantitative estimate of drug-likeness (QED) is 0.823. The normalized spacial score (nSPS) is 10.6. The van der Waals surface area contributed by atoms with Crippen LogP contribution in [0.4, 0.5) is 5.95 Å². The summed E-state index contributed by atoms with van der Waals surface area (Å²) in [4.78, 5) is 8.18. The molecule has 0 saturated carbocycles. The lowest BCUT2D eigenvalue weighted by Gasteiger charge is -1.96. The highest BCUT2D eigenvalue weighted by Crippen LogP contribution is 2.02. The highest BCUT2D eigenvalue weighted by Gasteiger charge is 1.90. The molecule has 0 aliphatic carbocycles. The van der Waals surface area contributed by atoms with Crippen LogP contribution in [0.3, 0.4) is 0 Å². The zero-order valence-corrected chi connectivity index (χ0v) is 9.08. The summed E-state index contributed by atoms with van der Waals surface area (Å²) >= 11 is 3.35. The number of allylic oxidation sites excluding steroid dienone is 1. The van der Waals surface area contributed by atoms with E-state index in [4.69, 9.17) is 0 Å². The third-order valence-corrected chi connectivity index (χ3v) is 1.94. The van der Waals surface area contributed by atoms with Gasteiger partial charge in [-0.2, -0.15) is 0 Å². The summed E-state index contributed by atoms with van der Waals surface area (Å²) < 4.78 is 0. The Morgan fingerprint density at radius 1 is 1.46 bits per heavy atom. The molecule has 1 heterocycles. The molecule has 0 aliphatic heterocycles. The lowest BCUT2D eigenvalue weighted by molar-refractivity contribution is 1.14. The highest BCUT2D eigenvalue weighted by atomic mass is 79.9. The SMILES string of the molecule is CNc1ncc(C=CCCBr)cn1. The Bertz CT molecular complexity index is 269. The van der Waals surface area contributed by atoms with E-state index in [0.29, 0.717) is 5.95 Å². The van der Waals surface area contributed by atoms with Crippen molar-refractivity contribution >= 4 is 28.0 Å². The number of nitrogens with zero attached hydrogens (tertiary/aromatic N) is 2. The van der Waals surface area contributed by atoms with Gasteiger partial charge in [0, 0.05) is 30.3 Å². The maximum absolute atomic E-state index is 4.09. The Labute approximate surface area is 86.4 Å². The summed E-state index contributed by atoms with van der Waals surface area (Å²) in [6.45, 7) is 0. The van der Waals surface area contributed by atoms with Crippen molar-refractivity contribution in [1.82, 2.24) is 9.97 Å². The number of rotatable bonds is 4. The fraction of sp³-hybridized carbons (Fsp3) is 0.333. The minimum atomic E-state index is 0.651. The highest BCUT2D eigenvalue weighted by molar-refractivity contribution is 9.09. The van der Waals surface area contributed by atoms with Crippen LogP contribution in [0.1, 0.15) is 12.0 Å². The average Bonchev–Trinajstić information content (AvgIpc) is 2.19. The van der Waals surface area contributed by atoms with E-state index in [0.717, 1.165) is 17.3 Å². The molecule has 0 radical (unpaired) electrons. The first-order valence-corrected chi connectivity index (χ1v) is 5.21. The molecule has 0 bridgehead atoms. The lowest BCUT2D eigenvalue weighted by atomic mass is 10.3. The number of hydrogen-bond acceptors (Lipinski definition) is 3. The van der Waals surface area contributed by atoms with Gasteiger partial charge in [-0.05, 0) is 6.42 Å². The average molecular weight is 242 g/mol. The molecule has 1 rings (SSSR count). The molecule has 0 unspecified atom stereocenters. The van der Waals surface area contributed by atoms with Crippen molar-refractivity contribution in [3.8, 4) is 0 Å². The Hall–Kier alpha value is -0.900. The molecule has 1 aromatic heterocycles. The first-order valence-electron chi connectivity index (χ1n) is 4.09. The molecule has 0 aromatic carbocycles. The van der Waals surface area contributed by atoms with Crippen molar-refractivity contribution in [3.05, 3.63) is 24.0 Å². The van der Waals surface area contributed by atoms with Crippen molar-refractivity contribution in [2.24, 2.45) is 0 Å². The Morgan fingerprint density at radius 2 is 2.15 bits per heavy atom. The number of aromatic nitrogens is 2. The summed E-state index contributed by atoms with van der Waals surface area (Å²) in [6, 6.07) is 0. The number of anilines is 1. The molecule has 0 atom stereocenters. The van der Waals surface area contributed by atoms with Gasteiger partial charge in [0.25, 0.3) is 0 Å². The maximum Gasteiger partial charge on any atom is 0.222 e. The van der Waals surface area contributed by atoms with E-state index >= 15 is 0 Å². The molecular weight excluding hydrogens is 230 g/mol. The minimum Gasteiger partial charge on any atom is -0.357 e. The van der Waals surface area contributed by atoms with E-state index in [1.165, 1.54) is 0 Å². The van der Waals surface area contributed by atoms with Crippen LogP contribution >= 0.6 is 15.9 Å². The second kappa shape index (κ2) is 5.70. The van der Waals surface area contributed by atoms with Gasteiger partial charge in [-0.25, -0.2) is 9.97 Å². The molecule has 13 heavy (non-hydrogen) atoms. The lowest BCUT2D eigenvalue weighted by Crippen LogP contribution is -1.94. The van der Waals surface area contributed by atoms with E-state index < -0.39 is 0 Å². The molecule has 4 heteroatoms. The topological polar surface area (TPSA) is 37.8 Å². The second-order valence-corrected chi connectivity index (χ2v) is 3.26. The summed E-state index contributed by atoms with van der Waals surface area (Å²) in [5.74, 6) is 0.651. The van der Waals surface area contributed by atoms with Gasteiger partial charge in [0.2, 0.25) is 5.95 Å². The standard InChI is InChI=1S/C9H12BrN3/c1-11-9-12-6-8(7-13-9)4-2-3-5-10/h2,4,6-7H,3,5H2,1H3,(H,11,12,13). The first-order chi connectivity index (χ1) is 6.36. The third-order valence-electron chi connectivity index (χ3n) is 1.48. The number of hydrogen-bond donors (Lipinski definition) is 1. The molecule has 0 amide bonds. The van der Waals surface area contributed by atoms with Crippen LogP contribution in [0.15, 0.2) is 18.5 Å². The van der Waals surface area contributed by atoms with Gasteiger partial charge < -0.3 is 5.32 Å². The van der Waals surface area contributed by atoms with Gasteiger partial charge in [0.05, 0.1) is 0 Å². The Balaban J connectivity index is 2.58. The van der Waals surface area contributed by atoms with E-state index in [2.05, 4.69) is 37.3 Å². The number of halogens is 1. The molecule has 1 N–H and O–H groups in total. The van der Waals surface area contributed by atoms with Crippen LogP contribution in [0.2, 0.25) is 0 Å². The zero-order valence-electron chi connectivity index (χ0n) is 7.50. The van der Waals surface area contributed by atoms with Gasteiger partial charge in [-0.15, -0.1) is 0 Å². The molecule has 1 aromatic rings. The first kappa shape index (κ1) is 10.2. The fourth-order valence-electron chi connectivity index (χ4n) is 0.836. The van der Waals surface area contributed by atoms with E-state index in [9.17, 15) is 0 Å². The molecular formula is C9H12BrN3. The van der Waals surface area contributed by atoms with Crippen molar-refractivity contribution < 1.29 is 0 Å². The number of nitrogens with one attached hydrogen (secondary N) is 1. The van der Waals surface area contributed by atoms with Crippen LogP contribution in [0.5, 0.6) is 0 Å². The summed E-state index contributed by atoms with van der Waals surface area (Å²) in [6.07, 6.45) is 8.72. The Morgan fingerprint density at radius 3 is 2.69 bits per heavy atom. The van der Waals surface area contributed by atoms with Crippen molar-refractivity contribution in [2.75, 3.05) is 17.7 Å². The van der Waals surface area contributed by atoms with Crippen molar-refractivity contribution in [3.63, 3.8) is 0 Å². The second-order valence-electron chi connectivity index (χ2n) is 2.47. The van der Waals surface area contributed by atoms with E-state index in [1.54, 1.807) is 19.4 Å². The van der Waals surface area contributed by atoms with Crippen molar-refractivity contribution in [1.29, 1.82) is 0 Å². The van der Waals surface area contributed by atoms with Gasteiger partial charge in [0.15, 0.2) is 0 Å². The van der Waals surface area contributed by atoms with E-state index in [-0.39, 0.29) is 0 Å². The van der Waals surface area contributed by atoms with Gasteiger partial charge in [-0.3, -0.25) is 0 Å². The summed E-state index contributed by atoms with van der Waals surface area (Å²) in [5, 5.41) is 3.85. The molecule has 0 saturated heterocycles. The Kier molecular flexibility index (Phi) is 4.46. The fourth-order valence-corrected chi connectivity index (χ4v) is 1.10. The molecule has 0 spiro atoms. The monoisotopic (exact) mass is 241 g/mol. The molecule has 0 fully saturated rings. The smallest absolute Gasteiger partial charge is 0.222 e. The third kappa shape index (κ3) is 3.55.